The molecular formula is C14H25N3O2S2. The molecule has 0 bridgehead atoms. The van der Waals surface area contributed by atoms with E-state index in [-0.39, 0.29) is 16.0 Å². The molecule has 0 amide bonds. The molecule has 1 aliphatic carbocycles. The first-order valence-corrected chi connectivity index (χ1v) is 10.1. The van der Waals surface area contributed by atoms with E-state index >= 15 is 0 Å². The molecule has 3 N–H and O–H groups in total. The zero-order chi connectivity index (χ0) is 15.3. The largest absolute Gasteiger partial charge is 0.382 e. The van der Waals surface area contributed by atoms with E-state index in [1.165, 1.54) is 32.1 Å². The summed E-state index contributed by atoms with van der Waals surface area (Å²) in [7, 11) is -3.28. The first-order chi connectivity index (χ1) is 10.1. The topological polar surface area (TPSA) is 85.1 Å². The molecule has 21 heavy (non-hydrogen) atoms. The molecule has 1 fully saturated rings. The summed E-state index contributed by atoms with van der Waals surface area (Å²) in [5.74, 6) is 0.150. The maximum Gasteiger partial charge on any atom is 0.187 e. The number of nitrogen functional groups attached to an aromatic ring is 1. The van der Waals surface area contributed by atoms with Crippen LogP contribution in [0.15, 0.2) is 4.90 Å². The number of nitrogens with zero attached hydrogens (tertiary/aromatic N) is 1. The Labute approximate surface area is 131 Å². The van der Waals surface area contributed by atoms with E-state index in [1.54, 1.807) is 0 Å². The second kappa shape index (κ2) is 7.45. The summed E-state index contributed by atoms with van der Waals surface area (Å²) in [5.41, 5.74) is 5.76. The average Bonchev–Trinajstić information content (AvgIpc) is 3.23. The van der Waals surface area contributed by atoms with Crippen molar-refractivity contribution in [2.24, 2.45) is 0 Å². The SMILES string of the molecule is CCCCCCCCNc1snc(N)c1S(=O)(=O)C1CC1. The summed E-state index contributed by atoms with van der Waals surface area (Å²) in [6.45, 7) is 2.98. The van der Waals surface area contributed by atoms with Gasteiger partial charge >= 0.3 is 0 Å². The molecule has 7 heteroatoms. The van der Waals surface area contributed by atoms with Gasteiger partial charge in [-0.15, -0.1) is 0 Å². The van der Waals surface area contributed by atoms with Crippen LogP contribution in [0.2, 0.25) is 0 Å². The molecule has 5 nitrogen and oxygen atoms in total. The molecule has 1 aromatic rings. The van der Waals surface area contributed by atoms with E-state index in [4.69, 9.17) is 5.73 Å². The highest BCUT2D eigenvalue weighted by atomic mass is 32.2. The lowest BCUT2D eigenvalue weighted by Gasteiger charge is -2.07. The van der Waals surface area contributed by atoms with E-state index in [2.05, 4.69) is 16.6 Å². The molecular weight excluding hydrogens is 306 g/mol. The average molecular weight is 332 g/mol. The Morgan fingerprint density at radius 3 is 2.57 bits per heavy atom. The van der Waals surface area contributed by atoms with Crippen LogP contribution in [0.5, 0.6) is 0 Å². The number of hydrogen-bond donors (Lipinski definition) is 2. The number of aromatic nitrogens is 1. The van der Waals surface area contributed by atoms with Gasteiger partial charge in [-0.3, -0.25) is 0 Å². The summed E-state index contributed by atoms with van der Waals surface area (Å²) in [6, 6.07) is 0. The van der Waals surface area contributed by atoms with Crippen molar-refractivity contribution in [3.63, 3.8) is 0 Å². The lowest BCUT2D eigenvalue weighted by Crippen LogP contribution is -2.12. The minimum Gasteiger partial charge on any atom is -0.382 e. The third-order valence-corrected chi connectivity index (χ3v) is 7.02. The zero-order valence-electron chi connectivity index (χ0n) is 12.6. The first-order valence-electron chi connectivity index (χ1n) is 7.80. The van der Waals surface area contributed by atoms with Crippen molar-refractivity contribution in [2.75, 3.05) is 17.6 Å². The van der Waals surface area contributed by atoms with Crippen LogP contribution < -0.4 is 11.1 Å². The Morgan fingerprint density at radius 1 is 1.24 bits per heavy atom. The van der Waals surface area contributed by atoms with Gasteiger partial charge in [0.1, 0.15) is 9.90 Å². The quantitative estimate of drug-likeness (QED) is 0.642. The molecule has 2 rings (SSSR count). The summed E-state index contributed by atoms with van der Waals surface area (Å²) in [5, 5.41) is 3.58. The molecule has 0 aromatic carbocycles. The highest BCUT2D eigenvalue weighted by molar-refractivity contribution is 7.92. The second-order valence-electron chi connectivity index (χ2n) is 5.66. The van der Waals surface area contributed by atoms with Crippen molar-refractivity contribution in [1.29, 1.82) is 0 Å². The van der Waals surface area contributed by atoms with Gasteiger partial charge in [-0.25, -0.2) is 8.42 Å². The van der Waals surface area contributed by atoms with E-state index < -0.39 is 9.84 Å². The van der Waals surface area contributed by atoms with Crippen LogP contribution in [0.4, 0.5) is 10.8 Å². The van der Waals surface area contributed by atoms with Crippen molar-refractivity contribution in [2.45, 2.75) is 68.4 Å². The Morgan fingerprint density at radius 2 is 1.90 bits per heavy atom. The van der Waals surface area contributed by atoms with Gasteiger partial charge in [-0.2, -0.15) is 4.37 Å². The van der Waals surface area contributed by atoms with Crippen LogP contribution in [0, 0.1) is 0 Å². The predicted octanol–water partition coefficient (Wildman–Crippen LogP) is 3.43. The third kappa shape index (κ3) is 4.32. The predicted molar refractivity (Wildman–Crippen MR) is 88.6 cm³/mol. The van der Waals surface area contributed by atoms with Crippen molar-refractivity contribution in [1.82, 2.24) is 4.37 Å². The lowest BCUT2D eigenvalue weighted by molar-refractivity contribution is 0.595. The van der Waals surface area contributed by atoms with Crippen LogP contribution in [0.1, 0.15) is 58.3 Å². The van der Waals surface area contributed by atoms with E-state index in [9.17, 15) is 8.42 Å². The van der Waals surface area contributed by atoms with Crippen LogP contribution in [0.25, 0.3) is 0 Å². The number of hydrogen-bond acceptors (Lipinski definition) is 6. The lowest BCUT2D eigenvalue weighted by atomic mass is 10.1. The Balaban J connectivity index is 1.84. The van der Waals surface area contributed by atoms with Gasteiger partial charge in [0.25, 0.3) is 0 Å². The smallest absolute Gasteiger partial charge is 0.187 e. The minimum atomic E-state index is -3.28. The molecule has 0 radical (unpaired) electrons. The zero-order valence-corrected chi connectivity index (χ0v) is 14.2. The van der Waals surface area contributed by atoms with Gasteiger partial charge in [-0.05, 0) is 30.8 Å². The van der Waals surface area contributed by atoms with E-state index in [0.717, 1.165) is 37.3 Å². The van der Waals surface area contributed by atoms with Gasteiger partial charge in [0.15, 0.2) is 15.7 Å². The highest BCUT2D eigenvalue weighted by Gasteiger charge is 2.40. The molecule has 1 aromatic heterocycles. The number of unbranched alkanes of at least 4 members (excludes halogenated alkanes) is 5. The van der Waals surface area contributed by atoms with Gasteiger partial charge in [0, 0.05) is 6.54 Å². The molecule has 120 valence electrons. The molecule has 0 spiro atoms. The monoisotopic (exact) mass is 331 g/mol. The number of nitrogens with two attached hydrogens (primary N) is 1. The number of anilines is 2. The van der Waals surface area contributed by atoms with Gasteiger partial charge in [0.05, 0.1) is 5.25 Å². The van der Waals surface area contributed by atoms with Crippen molar-refractivity contribution >= 4 is 32.2 Å². The van der Waals surface area contributed by atoms with Gasteiger partial charge < -0.3 is 11.1 Å². The van der Waals surface area contributed by atoms with Gasteiger partial charge in [-0.1, -0.05) is 39.0 Å². The van der Waals surface area contributed by atoms with E-state index in [1.807, 2.05) is 0 Å². The number of nitrogens with one attached hydrogen (secondary N) is 1. The maximum absolute atomic E-state index is 12.4. The van der Waals surface area contributed by atoms with Crippen LogP contribution in [-0.4, -0.2) is 24.6 Å². The summed E-state index contributed by atoms with van der Waals surface area (Å²) in [4.78, 5) is 0.237. The molecule has 1 aliphatic rings. The fourth-order valence-electron chi connectivity index (χ4n) is 2.33. The van der Waals surface area contributed by atoms with Crippen LogP contribution >= 0.6 is 11.5 Å². The molecule has 0 saturated heterocycles. The van der Waals surface area contributed by atoms with E-state index in [0.29, 0.717) is 5.00 Å². The van der Waals surface area contributed by atoms with Crippen molar-refractivity contribution in [3.05, 3.63) is 0 Å². The molecule has 0 unspecified atom stereocenters. The minimum absolute atomic E-state index is 0.150. The summed E-state index contributed by atoms with van der Waals surface area (Å²) in [6.07, 6.45) is 8.78. The van der Waals surface area contributed by atoms with Crippen molar-refractivity contribution in [3.8, 4) is 0 Å². The molecule has 1 saturated carbocycles. The highest BCUT2D eigenvalue weighted by Crippen LogP contribution is 2.40. The van der Waals surface area contributed by atoms with Crippen LogP contribution in [0.3, 0.4) is 0 Å². The Hall–Kier alpha value is -0.820. The first kappa shape index (κ1) is 16.5. The van der Waals surface area contributed by atoms with Crippen LogP contribution in [-0.2, 0) is 9.84 Å². The maximum atomic E-state index is 12.4. The Bertz CT molecular complexity index is 551. The third-order valence-electron chi connectivity index (χ3n) is 3.74. The molecule has 1 heterocycles. The van der Waals surface area contributed by atoms with Crippen molar-refractivity contribution < 1.29 is 8.42 Å². The summed E-state index contributed by atoms with van der Waals surface area (Å²) < 4.78 is 28.7. The second-order valence-corrected chi connectivity index (χ2v) is 8.60. The fraction of sp³-hybridized carbons (Fsp3) is 0.786. The standard InChI is InChI=1S/C14H25N3O2S2/c1-2-3-4-5-6-7-10-16-14-12(13(15)17-20-14)21(18,19)11-8-9-11/h11,16H,2-10H2,1H3,(H2,15,17). The molecule has 0 aliphatic heterocycles. The Kier molecular flexibility index (Phi) is 5.87. The molecule has 0 atom stereocenters. The normalized spacial score (nSPS) is 15.3. The number of rotatable bonds is 10. The van der Waals surface area contributed by atoms with Gasteiger partial charge in [0.2, 0.25) is 0 Å². The number of sulfone groups is 1. The summed E-state index contributed by atoms with van der Waals surface area (Å²) >= 11 is 1.15. The fourth-order valence-corrected chi connectivity index (χ4v) is 5.24.